The summed E-state index contributed by atoms with van der Waals surface area (Å²) < 4.78 is 10.4. The summed E-state index contributed by atoms with van der Waals surface area (Å²) in [4.78, 5) is 39.1. The van der Waals surface area contributed by atoms with Crippen LogP contribution in [0, 0.1) is 5.92 Å². The maximum absolute atomic E-state index is 12.6. The number of amides is 3. The number of para-hydroxylation sites is 1. The van der Waals surface area contributed by atoms with Gasteiger partial charge in [-0.2, -0.15) is 0 Å². The van der Waals surface area contributed by atoms with Gasteiger partial charge in [0.15, 0.2) is 0 Å². The van der Waals surface area contributed by atoms with E-state index in [-0.39, 0.29) is 37.2 Å². The highest BCUT2D eigenvalue weighted by atomic mass is 16.5. The fourth-order valence-electron chi connectivity index (χ4n) is 3.48. The highest BCUT2D eigenvalue weighted by Crippen LogP contribution is 2.27. The monoisotopic (exact) mass is 425 g/mol. The van der Waals surface area contributed by atoms with Gasteiger partial charge in [-0.25, -0.2) is 0 Å². The fourth-order valence-corrected chi connectivity index (χ4v) is 3.48. The summed E-state index contributed by atoms with van der Waals surface area (Å²) in [7, 11) is 3.14. The predicted molar refractivity (Wildman–Crippen MR) is 116 cm³/mol. The van der Waals surface area contributed by atoms with Gasteiger partial charge in [-0.1, -0.05) is 18.2 Å². The Morgan fingerprint density at radius 2 is 1.81 bits per heavy atom. The van der Waals surface area contributed by atoms with Crippen molar-refractivity contribution in [3.8, 4) is 11.5 Å². The van der Waals surface area contributed by atoms with Crippen LogP contribution in [0.15, 0.2) is 48.5 Å². The lowest BCUT2D eigenvalue weighted by Crippen LogP contribution is -2.47. The zero-order chi connectivity index (χ0) is 22.4. The second-order valence-corrected chi connectivity index (χ2v) is 7.36. The Bertz CT molecular complexity index is 944. The minimum Gasteiger partial charge on any atom is -0.497 e. The van der Waals surface area contributed by atoms with Gasteiger partial charge in [-0.15, -0.1) is 0 Å². The maximum Gasteiger partial charge on any atom is 0.242 e. The van der Waals surface area contributed by atoms with E-state index in [1.165, 1.54) is 0 Å². The normalized spacial score (nSPS) is 16.5. The molecule has 2 N–H and O–H groups in total. The molecule has 0 radical (unpaired) electrons. The van der Waals surface area contributed by atoms with E-state index in [0.717, 1.165) is 5.56 Å². The van der Waals surface area contributed by atoms with E-state index < -0.39 is 12.0 Å². The predicted octanol–water partition coefficient (Wildman–Crippen LogP) is 1.88. The number of hydrogen-bond donors (Lipinski definition) is 2. The molecule has 2 aromatic carbocycles. The van der Waals surface area contributed by atoms with Crippen LogP contribution in [-0.2, 0) is 20.9 Å². The first kappa shape index (κ1) is 22.1. The van der Waals surface area contributed by atoms with Crippen LogP contribution in [0.2, 0.25) is 0 Å². The molecule has 1 fully saturated rings. The Hall–Kier alpha value is -3.55. The van der Waals surface area contributed by atoms with Crippen molar-refractivity contribution >= 4 is 23.4 Å². The molecule has 2 atom stereocenters. The number of ether oxygens (including phenoxy) is 2. The summed E-state index contributed by atoms with van der Waals surface area (Å²) >= 11 is 0. The van der Waals surface area contributed by atoms with Crippen molar-refractivity contribution in [2.45, 2.75) is 25.9 Å². The molecule has 0 aliphatic carbocycles. The SMILES string of the molecule is COc1ccc(N2C[C@H](C(=O)N[C@@H](C)C(=O)NCc3ccccc3OC)CC2=O)cc1. The van der Waals surface area contributed by atoms with Crippen molar-refractivity contribution in [1.29, 1.82) is 0 Å². The van der Waals surface area contributed by atoms with Gasteiger partial charge in [0.25, 0.3) is 0 Å². The van der Waals surface area contributed by atoms with E-state index in [4.69, 9.17) is 9.47 Å². The number of rotatable bonds is 8. The molecule has 3 amide bonds. The number of nitrogens with zero attached hydrogens (tertiary/aromatic N) is 1. The first-order valence-corrected chi connectivity index (χ1v) is 10.1. The molecule has 8 nitrogen and oxygen atoms in total. The highest BCUT2D eigenvalue weighted by molar-refractivity contribution is 6.01. The van der Waals surface area contributed by atoms with Gasteiger partial charge >= 0.3 is 0 Å². The molecule has 3 rings (SSSR count). The highest BCUT2D eigenvalue weighted by Gasteiger charge is 2.36. The van der Waals surface area contributed by atoms with Gasteiger partial charge in [0.2, 0.25) is 17.7 Å². The van der Waals surface area contributed by atoms with Gasteiger partial charge in [-0.3, -0.25) is 14.4 Å². The summed E-state index contributed by atoms with van der Waals surface area (Å²) in [6.07, 6.45) is 0.105. The lowest BCUT2D eigenvalue weighted by atomic mass is 10.1. The Morgan fingerprint density at radius 3 is 2.48 bits per heavy atom. The molecule has 1 aliphatic rings. The van der Waals surface area contributed by atoms with Crippen LogP contribution in [-0.4, -0.2) is 44.5 Å². The standard InChI is InChI=1S/C23H27N3O5/c1-15(22(28)24-13-16-6-4-5-7-20(16)31-3)25-23(29)17-12-21(27)26(14-17)18-8-10-19(30-2)11-9-18/h4-11,15,17H,12-14H2,1-3H3,(H,24,28)(H,25,29)/t15-,17+/m0/s1. The van der Waals surface area contributed by atoms with Crippen molar-refractivity contribution < 1.29 is 23.9 Å². The second-order valence-electron chi connectivity index (χ2n) is 7.36. The molecular weight excluding hydrogens is 398 g/mol. The molecule has 0 spiro atoms. The number of anilines is 1. The Labute approximate surface area is 181 Å². The molecule has 0 unspecified atom stereocenters. The third-order valence-corrected chi connectivity index (χ3v) is 5.28. The Morgan fingerprint density at radius 1 is 1.10 bits per heavy atom. The number of hydrogen-bond acceptors (Lipinski definition) is 5. The van der Waals surface area contributed by atoms with E-state index in [9.17, 15) is 14.4 Å². The topological polar surface area (TPSA) is 97.0 Å². The second kappa shape index (κ2) is 9.97. The van der Waals surface area contributed by atoms with Crippen LogP contribution in [0.1, 0.15) is 18.9 Å². The number of carbonyl (C=O) groups is 3. The van der Waals surface area contributed by atoms with Crippen molar-refractivity contribution in [3.05, 3.63) is 54.1 Å². The summed E-state index contributed by atoms with van der Waals surface area (Å²) in [5, 5.41) is 5.52. The number of carbonyl (C=O) groups excluding carboxylic acids is 3. The average Bonchev–Trinajstić information content (AvgIpc) is 3.19. The molecule has 1 aliphatic heterocycles. The molecule has 1 heterocycles. The Kier molecular flexibility index (Phi) is 7.12. The van der Waals surface area contributed by atoms with Crippen LogP contribution in [0.25, 0.3) is 0 Å². The molecule has 31 heavy (non-hydrogen) atoms. The average molecular weight is 425 g/mol. The van der Waals surface area contributed by atoms with Gasteiger partial charge in [0.05, 0.1) is 20.1 Å². The minimum atomic E-state index is -0.729. The molecular formula is C23H27N3O5. The van der Waals surface area contributed by atoms with Gasteiger partial charge < -0.3 is 25.0 Å². The number of nitrogens with one attached hydrogen (secondary N) is 2. The van der Waals surface area contributed by atoms with Crippen LogP contribution in [0.4, 0.5) is 5.69 Å². The van der Waals surface area contributed by atoms with E-state index in [2.05, 4.69) is 10.6 Å². The summed E-state index contributed by atoms with van der Waals surface area (Å²) in [5.41, 5.74) is 1.55. The van der Waals surface area contributed by atoms with Crippen molar-refractivity contribution in [2.24, 2.45) is 5.92 Å². The van der Waals surface area contributed by atoms with Crippen molar-refractivity contribution in [3.63, 3.8) is 0 Å². The summed E-state index contributed by atoms with van der Waals surface area (Å²) in [5.74, 6) is 0.109. The van der Waals surface area contributed by atoms with E-state index in [0.29, 0.717) is 17.2 Å². The van der Waals surface area contributed by atoms with E-state index >= 15 is 0 Å². The third kappa shape index (κ3) is 5.33. The van der Waals surface area contributed by atoms with Crippen molar-refractivity contribution in [2.75, 3.05) is 25.7 Å². The quantitative estimate of drug-likeness (QED) is 0.673. The van der Waals surface area contributed by atoms with Gasteiger partial charge in [-0.05, 0) is 37.3 Å². The first-order chi connectivity index (χ1) is 14.9. The molecule has 0 aromatic heterocycles. The van der Waals surface area contributed by atoms with Crippen LogP contribution >= 0.6 is 0 Å². The van der Waals surface area contributed by atoms with Gasteiger partial charge in [0.1, 0.15) is 17.5 Å². The molecule has 8 heteroatoms. The van der Waals surface area contributed by atoms with E-state index in [1.54, 1.807) is 50.3 Å². The molecule has 164 valence electrons. The lowest BCUT2D eigenvalue weighted by Gasteiger charge is -2.19. The van der Waals surface area contributed by atoms with E-state index in [1.807, 2.05) is 24.3 Å². The van der Waals surface area contributed by atoms with Gasteiger partial charge in [0, 0.05) is 30.8 Å². The molecule has 0 saturated carbocycles. The van der Waals surface area contributed by atoms with Crippen molar-refractivity contribution in [1.82, 2.24) is 10.6 Å². The zero-order valence-corrected chi connectivity index (χ0v) is 17.9. The number of benzene rings is 2. The first-order valence-electron chi connectivity index (χ1n) is 10.1. The fraction of sp³-hybridized carbons (Fsp3) is 0.348. The minimum absolute atomic E-state index is 0.105. The Balaban J connectivity index is 1.53. The zero-order valence-electron chi connectivity index (χ0n) is 17.9. The van der Waals surface area contributed by atoms with Crippen LogP contribution < -0.4 is 25.0 Å². The summed E-state index contributed by atoms with van der Waals surface area (Å²) in [6.45, 7) is 2.18. The molecule has 1 saturated heterocycles. The van der Waals surface area contributed by atoms with Crippen LogP contribution in [0.3, 0.4) is 0 Å². The maximum atomic E-state index is 12.6. The largest absolute Gasteiger partial charge is 0.497 e. The lowest BCUT2D eigenvalue weighted by molar-refractivity contribution is -0.131. The third-order valence-electron chi connectivity index (χ3n) is 5.28. The summed E-state index contributed by atoms with van der Waals surface area (Å²) in [6, 6.07) is 13.8. The van der Waals surface area contributed by atoms with Crippen LogP contribution in [0.5, 0.6) is 11.5 Å². The molecule has 2 aromatic rings. The smallest absolute Gasteiger partial charge is 0.242 e. The molecule has 0 bridgehead atoms. The number of methoxy groups -OCH3 is 2.